The molecule has 3 heterocycles. The Hall–Kier alpha value is -4.69. The molecule has 8 heteroatoms. The summed E-state index contributed by atoms with van der Waals surface area (Å²) < 4.78 is 37.6. The van der Waals surface area contributed by atoms with Crippen molar-refractivity contribution in [1.29, 1.82) is 0 Å². The van der Waals surface area contributed by atoms with Crippen LogP contribution in [0.2, 0.25) is 0 Å². The standard InChI is InChI=1S/C35H32O8/c1-19-25(40-20(2)36)17-27-29(32(19)39-4)31-30-28(43-35(42-27,34(31)37)22-13-9-6-10-14-22)18-26(38-3)23-15-16-24(41-33(23)30)21-11-7-5-8-12-21/h5-14,17-18,24,31,34,37H,15-16H2,1-4H3/t24-,31+,34+,35-/m0/s1. The van der Waals surface area contributed by atoms with E-state index in [1.807, 2.05) is 61.5 Å². The van der Waals surface area contributed by atoms with E-state index in [0.717, 1.165) is 17.5 Å². The second kappa shape index (κ2) is 10.2. The normalized spacial score (nSPS) is 22.9. The third-order valence-corrected chi connectivity index (χ3v) is 8.62. The molecule has 2 bridgehead atoms. The van der Waals surface area contributed by atoms with E-state index in [9.17, 15) is 9.90 Å². The average molecular weight is 581 g/mol. The summed E-state index contributed by atoms with van der Waals surface area (Å²) in [6, 6.07) is 22.9. The van der Waals surface area contributed by atoms with E-state index in [-0.39, 0.29) is 6.10 Å². The van der Waals surface area contributed by atoms with Gasteiger partial charge in [-0.15, -0.1) is 0 Å². The van der Waals surface area contributed by atoms with Gasteiger partial charge in [-0.1, -0.05) is 60.7 Å². The molecule has 0 aromatic heterocycles. The number of aliphatic hydroxyl groups is 1. The first-order chi connectivity index (χ1) is 20.9. The van der Waals surface area contributed by atoms with E-state index in [0.29, 0.717) is 63.2 Å². The molecule has 1 N–H and O–H groups in total. The van der Waals surface area contributed by atoms with Gasteiger partial charge in [0.25, 0.3) is 0 Å². The summed E-state index contributed by atoms with van der Waals surface area (Å²) in [5.41, 5.74) is 4.52. The Bertz CT molecular complexity index is 1720. The van der Waals surface area contributed by atoms with Gasteiger partial charge in [-0.25, -0.2) is 0 Å². The largest absolute Gasteiger partial charge is 0.496 e. The van der Waals surface area contributed by atoms with Crippen LogP contribution in [0.4, 0.5) is 0 Å². The van der Waals surface area contributed by atoms with E-state index < -0.39 is 23.8 Å². The first-order valence-corrected chi connectivity index (χ1v) is 14.3. The van der Waals surface area contributed by atoms with E-state index in [1.165, 1.54) is 6.92 Å². The maximum absolute atomic E-state index is 12.3. The fourth-order valence-electron chi connectivity index (χ4n) is 6.72. The molecule has 4 atom stereocenters. The van der Waals surface area contributed by atoms with Crippen LogP contribution in [0.5, 0.6) is 34.5 Å². The van der Waals surface area contributed by atoms with Gasteiger partial charge >= 0.3 is 11.8 Å². The molecule has 8 nitrogen and oxygen atoms in total. The zero-order chi connectivity index (χ0) is 29.9. The Balaban J connectivity index is 1.51. The number of aliphatic hydroxyl groups excluding tert-OH is 1. The summed E-state index contributed by atoms with van der Waals surface area (Å²) in [6.45, 7) is 3.16. The van der Waals surface area contributed by atoms with Crippen molar-refractivity contribution < 1.29 is 38.3 Å². The fraction of sp³-hybridized carbons (Fsp3) is 0.286. The maximum Gasteiger partial charge on any atom is 0.308 e. The van der Waals surface area contributed by atoms with Gasteiger partial charge in [0.1, 0.15) is 46.7 Å². The van der Waals surface area contributed by atoms with Crippen LogP contribution in [-0.4, -0.2) is 31.4 Å². The van der Waals surface area contributed by atoms with Crippen LogP contribution in [0.15, 0.2) is 72.8 Å². The topological polar surface area (TPSA) is 92.7 Å². The molecule has 0 saturated heterocycles. The lowest BCUT2D eigenvalue weighted by Crippen LogP contribution is -2.57. The molecule has 0 saturated carbocycles. The van der Waals surface area contributed by atoms with E-state index >= 15 is 0 Å². The van der Waals surface area contributed by atoms with Crippen LogP contribution in [0, 0.1) is 6.92 Å². The Labute approximate surface area is 249 Å². The van der Waals surface area contributed by atoms with Gasteiger partial charge in [-0.2, -0.15) is 0 Å². The van der Waals surface area contributed by atoms with Crippen LogP contribution in [0.3, 0.4) is 0 Å². The summed E-state index contributed by atoms with van der Waals surface area (Å²) in [6.07, 6.45) is 0.0865. The van der Waals surface area contributed by atoms with E-state index in [1.54, 1.807) is 20.3 Å². The number of carbonyl (C=O) groups excluding carboxylic acids is 1. The molecule has 4 aromatic rings. The number of rotatable bonds is 5. The number of hydrogen-bond donors (Lipinski definition) is 1. The average Bonchev–Trinajstić information content (AvgIpc) is 3.02. The van der Waals surface area contributed by atoms with Gasteiger partial charge in [-0.05, 0) is 25.3 Å². The third-order valence-electron chi connectivity index (χ3n) is 8.62. The van der Waals surface area contributed by atoms with Crippen molar-refractivity contribution in [3.8, 4) is 34.5 Å². The SMILES string of the molecule is COc1cc2c(c3c1CC[C@@H](c1ccccc1)O3)[C@H]1c3c(cc(OC(C)=O)c(C)c3OC)O[C@@](c3ccccc3)(O2)[C@@H]1O. The molecule has 43 heavy (non-hydrogen) atoms. The molecule has 0 aliphatic carbocycles. The predicted molar refractivity (Wildman–Crippen MR) is 157 cm³/mol. The monoisotopic (exact) mass is 580 g/mol. The van der Waals surface area contributed by atoms with Crippen molar-refractivity contribution in [1.82, 2.24) is 0 Å². The van der Waals surface area contributed by atoms with Crippen LogP contribution in [-0.2, 0) is 17.0 Å². The summed E-state index contributed by atoms with van der Waals surface area (Å²) in [7, 11) is 3.18. The first kappa shape index (κ1) is 27.2. The smallest absolute Gasteiger partial charge is 0.308 e. The molecule has 0 spiro atoms. The molecule has 0 radical (unpaired) electrons. The van der Waals surface area contributed by atoms with Crippen LogP contribution in [0.1, 0.15) is 58.7 Å². The minimum atomic E-state index is -1.62. The first-order valence-electron chi connectivity index (χ1n) is 14.3. The van der Waals surface area contributed by atoms with E-state index in [4.69, 9.17) is 28.4 Å². The Morgan fingerprint density at radius 2 is 1.56 bits per heavy atom. The van der Waals surface area contributed by atoms with Crippen molar-refractivity contribution in [3.63, 3.8) is 0 Å². The van der Waals surface area contributed by atoms with Gasteiger partial charge in [0.2, 0.25) is 0 Å². The molecule has 220 valence electrons. The molecule has 7 rings (SSSR count). The number of ether oxygens (including phenoxy) is 6. The van der Waals surface area contributed by atoms with Gasteiger partial charge in [0, 0.05) is 46.9 Å². The summed E-state index contributed by atoms with van der Waals surface area (Å²) in [4.78, 5) is 12.0. The second-order valence-corrected chi connectivity index (χ2v) is 11.1. The Morgan fingerprint density at radius 3 is 2.21 bits per heavy atom. The molecular weight excluding hydrogens is 548 g/mol. The lowest BCUT2D eigenvalue weighted by Gasteiger charge is -2.50. The van der Waals surface area contributed by atoms with Crippen molar-refractivity contribution in [2.75, 3.05) is 14.2 Å². The summed E-state index contributed by atoms with van der Waals surface area (Å²) in [5.74, 6) is 0.117. The van der Waals surface area contributed by atoms with Gasteiger partial charge < -0.3 is 33.5 Å². The third kappa shape index (κ3) is 4.12. The number of fused-ring (bicyclic) bond motifs is 8. The Kier molecular flexibility index (Phi) is 6.47. The van der Waals surface area contributed by atoms with E-state index in [2.05, 4.69) is 12.1 Å². The number of carbonyl (C=O) groups is 1. The molecule has 0 unspecified atom stereocenters. The summed E-state index contributed by atoms with van der Waals surface area (Å²) in [5, 5.41) is 12.3. The number of esters is 1. The minimum absolute atomic E-state index is 0.197. The lowest BCUT2D eigenvalue weighted by atomic mass is 9.74. The zero-order valence-corrected chi connectivity index (χ0v) is 24.4. The molecule has 4 aromatic carbocycles. The number of benzene rings is 4. The molecule has 0 fully saturated rings. The van der Waals surface area contributed by atoms with Crippen molar-refractivity contribution >= 4 is 5.97 Å². The van der Waals surface area contributed by atoms with Crippen LogP contribution >= 0.6 is 0 Å². The maximum atomic E-state index is 12.3. The highest BCUT2D eigenvalue weighted by Gasteiger charge is 2.60. The van der Waals surface area contributed by atoms with Gasteiger partial charge in [0.05, 0.1) is 20.1 Å². The second-order valence-electron chi connectivity index (χ2n) is 11.1. The quantitative estimate of drug-likeness (QED) is 0.223. The predicted octanol–water partition coefficient (Wildman–Crippen LogP) is 6.13. The van der Waals surface area contributed by atoms with Gasteiger partial charge in [-0.3, -0.25) is 4.79 Å². The highest BCUT2D eigenvalue weighted by Crippen LogP contribution is 2.62. The molecule has 3 aliphatic heterocycles. The Morgan fingerprint density at radius 1 is 0.907 bits per heavy atom. The van der Waals surface area contributed by atoms with Crippen molar-refractivity contribution in [3.05, 3.63) is 106 Å². The zero-order valence-electron chi connectivity index (χ0n) is 24.4. The lowest BCUT2D eigenvalue weighted by molar-refractivity contribution is -0.218. The van der Waals surface area contributed by atoms with Crippen molar-refractivity contribution in [2.45, 2.75) is 50.6 Å². The molecule has 3 aliphatic rings. The van der Waals surface area contributed by atoms with Crippen LogP contribution in [0.25, 0.3) is 0 Å². The highest BCUT2D eigenvalue weighted by molar-refractivity contribution is 5.73. The number of methoxy groups -OCH3 is 2. The van der Waals surface area contributed by atoms with Gasteiger partial charge in [0.15, 0.2) is 0 Å². The fourth-order valence-corrected chi connectivity index (χ4v) is 6.72. The summed E-state index contributed by atoms with van der Waals surface area (Å²) >= 11 is 0. The minimum Gasteiger partial charge on any atom is -0.496 e. The highest BCUT2D eigenvalue weighted by atomic mass is 16.7. The molecular formula is C35H32O8. The molecule has 0 amide bonds. The van der Waals surface area contributed by atoms with Crippen LogP contribution < -0.4 is 28.4 Å². The number of hydrogen-bond acceptors (Lipinski definition) is 8. The van der Waals surface area contributed by atoms with Crippen molar-refractivity contribution in [2.24, 2.45) is 0 Å².